The number of nitrogens with zero attached hydrogens (tertiary/aromatic N) is 3. The van der Waals surface area contributed by atoms with Gasteiger partial charge in [-0.1, -0.05) is 30.3 Å². The third-order valence-electron chi connectivity index (χ3n) is 4.11. The quantitative estimate of drug-likeness (QED) is 0.505. The van der Waals surface area contributed by atoms with Crippen LogP contribution >= 0.6 is 11.3 Å². The molecular weight excluding hydrogens is 365 g/mol. The van der Waals surface area contributed by atoms with Crippen LogP contribution in [0.2, 0.25) is 0 Å². The van der Waals surface area contributed by atoms with Crippen molar-refractivity contribution in [3.63, 3.8) is 0 Å². The van der Waals surface area contributed by atoms with Crippen LogP contribution in [0.5, 0.6) is 0 Å². The molecule has 134 valence electrons. The van der Waals surface area contributed by atoms with Crippen molar-refractivity contribution in [1.29, 1.82) is 0 Å². The van der Waals surface area contributed by atoms with Crippen molar-refractivity contribution in [3.8, 4) is 11.3 Å². The van der Waals surface area contributed by atoms with Crippen molar-refractivity contribution < 1.29 is 9.18 Å². The Balaban J connectivity index is 1.86. The minimum absolute atomic E-state index is 0.191. The lowest BCUT2D eigenvalue weighted by Gasteiger charge is -2.08. The zero-order valence-electron chi connectivity index (χ0n) is 14.3. The summed E-state index contributed by atoms with van der Waals surface area (Å²) in [5.41, 5.74) is 1.53. The van der Waals surface area contributed by atoms with Crippen molar-refractivity contribution >= 4 is 27.3 Å². The van der Waals surface area contributed by atoms with Gasteiger partial charge in [0.1, 0.15) is 18.1 Å². The van der Waals surface area contributed by atoms with Gasteiger partial charge in [0, 0.05) is 11.1 Å². The molecule has 2 aromatic heterocycles. The zero-order valence-corrected chi connectivity index (χ0v) is 15.2. The number of carbonyl (C=O) groups excluding carboxylic acids is 1. The normalized spacial score (nSPS) is 11.0. The van der Waals surface area contributed by atoms with Gasteiger partial charge in [0.05, 0.1) is 9.71 Å². The van der Waals surface area contributed by atoms with Gasteiger partial charge in [-0.2, -0.15) is 5.10 Å². The highest BCUT2D eigenvalue weighted by atomic mass is 32.1. The molecule has 0 spiro atoms. The molecule has 7 heteroatoms. The highest BCUT2D eigenvalue weighted by Gasteiger charge is 2.18. The number of rotatable bonds is 4. The Hall–Kier alpha value is -3.19. The van der Waals surface area contributed by atoms with E-state index >= 15 is 0 Å². The second-order valence-electron chi connectivity index (χ2n) is 6.02. The topological polar surface area (TPSA) is 64.8 Å². The van der Waals surface area contributed by atoms with Crippen LogP contribution in [0, 0.1) is 12.7 Å². The Morgan fingerprint density at radius 1 is 1.11 bits per heavy atom. The second kappa shape index (κ2) is 6.85. The highest BCUT2D eigenvalue weighted by Crippen LogP contribution is 2.29. The Bertz CT molecular complexity index is 1200. The molecule has 2 heterocycles. The third-order valence-corrected chi connectivity index (χ3v) is 5.09. The van der Waals surface area contributed by atoms with Crippen LogP contribution in [0.1, 0.15) is 15.4 Å². The summed E-state index contributed by atoms with van der Waals surface area (Å²) in [5.74, 6) is -0.579. The molecule has 0 aliphatic rings. The van der Waals surface area contributed by atoms with Crippen molar-refractivity contribution in [2.45, 2.75) is 13.5 Å². The highest BCUT2D eigenvalue weighted by molar-refractivity contribution is 7.19. The summed E-state index contributed by atoms with van der Waals surface area (Å²) >= 11 is 1.35. The number of carbonyl (C=O) groups is 1. The van der Waals surface area contributed by atoms with Crippen molar-refractivity contribution in [2.75, 3.05) is 0 Å². The lowest BCUT2D eigenvalue weighted by Crippen LogP contribution is -2.27. The molecule has 0 radical (unpaired) electrons. The van der Waals surface area contributed by atoms with Gasteiger partial charge in [0.25, 0.3) is 5.56 Å². The summed E-state index contributed by atoms with van der Waals surface area (Å²) in [6.45, 7) is 1.61. The average molecular weight is 379 g/mol. The minimum atomic E-state index is -0.413. The average Bonchev–Trinajstić information content (AvgIpc) is 3.07. The maximum Gasteiger partial charge on any atom is 0.294 e. The van der Waals surface area contributed by atoms with Crippen LogP contribution in [-0.2, 0) is 6.54 Å². The number of aryl methyl sites for hydroxylation is 1. The van der Waals surface area contributed by atoms with Crippen LogP contribution in [0.15, 0.2) is 59.4 Å². The fourth-order valence-corrected chi connectivity index (χ4v) is 3.74. The van der Waals surface area contributed by atoms with E-state index in [0.717, 1.165) is 9.69 Å². The van der Waals surface area contributed by atoms with Gasteiger partial charge < -0.3 is 0 Å². The molecular formula is C20H14FN3O2S. The van der Waals surface area contributed by atoms with Gasteiger partial charge in [-0.25, -0.2) is 14.1 Å². The van der Waals surface area contributed by atoms with Crippen LogP contribution in [0.25, 0.3) is 21.5 Å². The standard InChI is InChI=1S/C20H14FN3O2S/c1-12-22-18-19(27-12)17(14-7-9-15(21)10-8-14)23-24(20(18)26)11-16(25)13-5-3-2-4-6-13/h2-10H,11H2,1H3. The van der Waals surface area contributed by atoms with Crippen LogP contribution in [0.4, 0.5) is 4.39 Å². The number of Topliss-reactive ketones (excluding diaryl/α,β-unsaturated/α-hetero) is 1. The summed E-state index contributed by atoms with van der Waals surface area (Å²) in [4.78, 5) is 29.6. The first-order valence-electron chi connectivity index (χ1n) is 8.25. The van der Waals surface area contributed by atoms with Gasteiger partial charge in [-0.05, 0) is 31.2 Å². The number of halogens is 1. The fourth-order valence-electron chi connectivity index (χ4n) is 2.82. The first kappa shape index (κ1) is 17.2. The summed E-state index contributed by atoms with van der Waals surface area (Å²) in [6, 6.07) is 14.6. The zero-order chi connectivity index (χ0) is 19.0. The first-order chi connectivity index (χ1) is 13.0. The maximum absolute atomic E-state index is 13.3. The second-order valence-corrected chi connectivity index (χ2v) is 7.22. The van der Waals surface area contributed by atoms with E-state index in [0.29, 0.717) is 21.5 Å². The van der Waals surface area contributed by atoms with Gasteiger partial charge in [0.2, 0.25) is 0 Å². The van der Waals surface area contributed by atoms with E-state index in [-0.39, 0.29) is 23.7 Å². The van der Waals surface area contributed by atoms with Crippen LogP contribution in [0.3, 0.4) is 0 Å². The van der Waals surface area contributed by atoms with E-state index in [4.69, 9.17) is 0 Å². The summed E-state index contributed by atoms with van der Waals surface area (Å²) in [6.07, 6.45) is 0. The molecule has 0 saturated carbocycles. The molecule has 0 unspecified atom stereocenters. The number of hydrogen-bond acceptors (Lipinski definition) is 5. The Morgan fingerprint density at radius 2 is 1.81 bits per heavy atom. The first-order valence-corrected chi connectivity index (χ1v) is 9.07. The minimum Gasteiger partial charge on any atom is -0.292 e. The maximum atomic E-state index is 13.3. The van der Waals surface area contributed by atoms with Gasteiger partial charge in [-0.15, -0.1) is 11.3 Å². The Morgan fingerprint density at radius 3 is 2.52 bits per heavy atom. The molecule has 0 N–H and O–H groups in total. The largest absolute Gasteiger partial charge is 0.294 e. The third kappa shape index (κ3) is 3.29. The van der Waals surface area contributed by atoms with Crippen molar-refractivity contribution in [3.05, 3.63) is 81.3 Å². The summed E-state index contributed by atoms with van der Waals surface area (Å²) in [7, 11) is 0. The van der Waals surface area contributed by atoms with E-state index < -0.39 is 5.56 Å². The van der Waals surface area contributed by atoms with Crippen LogP contribution < -0.4 is 5.56 Å². The summed E-state index contributed by atoms with van der Waals surface area (Å²) in [5, 5.41) is 5.13. The lowest BCUT2D eigenvalue weighted by atomic mass is 10.1. The molecule has 0 amide bonds. The smallest absolute Gasteiger partial charge is 0.292 e. The van der Waals surface area contributed by atoms with E-state index in [1.165, 1.54) is 23.5 Å². The molecule has 0 fully saturated rings. The lowest BCUT2D eigenvalue weighted by molar-refractivity contribution is 0.0966. The molecule has 0 saturated heterocycles. The van der Waals surface area contributed by atoms with Crippen molar-refractivity contribution in [1.82, 2.24) is 14.8 Å². The molecule has 4 aromatic rings. The summed E-state index contributed by atoms with van der Waals surface area (Å²) < 4.78 is 15.1. The van der Waals surface area contributed by atoms with Crippen LogP contribution in [-0.4, -0.2) is 20.5 Å². The number of ketones is 1. The molecule has 5 nitrogen and oxygen atoms in total. The van der Waals surface area contributed by atoms with Crippen molar-refractivity contribution in [2.24, 2.45) is 0 Å². The molecule has 0 aliphatic heterocycles. The number of fused-ring (bicyclic) bond motifs is 1. The van der Waals surface area contributed by atoms with E-state index in [1.807, 2.05) is 6.07 Å². The molecule has 0 aliphatic carbocycles. The van der Waals surface area contributed by atoms with E-state index in [1.54, 1.807) is 43.3 Å². The number of aromatic nitrogens is 3. The molecule has 4 rings (SSSR count). The predicted molar refractivity (Wildman–Crippen MR) is 103 cm³/mol. The number of hydrogen-bond donors (Lipinski definition) is 0. The van der Waals surface area contributed by atoms with E-state index in [9.17, 15) is 14.0 Å². The Labute approximate surface area is 157 Å². The molecule has 0 bridgehead atoms. The fraction of sp³-hybridized carbons (Fsp3) is 0.100. The SMILES string of the molecule is Cc1nc2c(=O)n(CC(=O)c3ccccc3)nc(-c3ccc(F)cc3)c2s1. The van der Waals surface area contributed by atoms with Gasteiger partial charge in [0.15, 0.2) is 11.3 Å². The molecule has 27 heavy (non-hydrogen) atoms. The van der Waals surface area contributed by atoms with Gasteiger partial charge >= 0.3 is 0 Å². The monoisotopic (exact) mass is 379 g/mol. The number of benzene rings is 2. The predicted octanol–water partition coefficient (Wildman–Crippen LogP) is 3.85. The van der Waals surface area contributed by atoms with Gasteiger partial charge in [-0.3, -0.25) is 9.59 Å². The van der Waals surface area contributed by atoms with E-state index in [2.05, 4.69) is 10.1 Å². The molecule has 2 aromatic carbocycles. The number of thiazole rings is 1. The Kier molecular flexibility index (Phi) is 4.37. The molecule has 0 atom stereocenters.